The number of carbonyl (C=O) groups is 1. The van der Waals surface area contributed by atoms with E-state index in [1.807, 2.05) is 0 Å². The van der Waals surface area contributed by atoms with Crippen molar-refractivity contribution in [2.24, 2.45) is 0 Å². The van der Waals surface area contributed by atoms with Crippen molar-refractivity contribution in [3.8, 4) is 11.1 Å². The summed E-state index contributed by atoms with van der Waals surface area (Å²) < 4.78 is 60.9. The molecule has 0 radical (unpaired) electrons. The van der Waals surface area contributed by atoms with Crippen molar-refractivity contribution in [3.63, 3.8) is 0 Å². The number of hydrogen-bond acceptors (Lipinski definition) is 3. The summed E-state index contributed by atoms with van der Waals surface area (Å²) in [6.45, 7) is -0.0949. The molecule has 1 atom stereocenters. The maximum absolute atomic E-state index is 14.4. The van der Waals surface area contributed by atoms with Gasteiger partial charge in [-0.2, -0.15) is 0 Å². The van der Waals surface area contributed by atoms with Gasteiger partial charge in [0.05, 0.1) is 0 Å². The molecule has 0 bridgehead atoms. The Kier molecular flexibility index (Phi) is 5.88. The average Bonchev–Trinajstić information content (AvgIpc) is 2.75. The Hall–Kier alpha value is -3.39. The van der Waals surface area contributed by atoms with Crippen molar-refractivity contribution < 1.29 is 32.2 Å². The second-order valence-electron chi connectivity index (χ2n) is 7.53. The molecule has 4 rings (SSSR count). The molecule has 0 unspecified atom stereocenters. The summed E-state index contributed by atoms with van der Waals surface area (Å²) in [6.07, 6.45) is -0.345. The minimum atomic E-state index is -1.14. The summed E-state index contributed by atoms with van der Waals surface area (Å²) in [5.74, 6) is -2.89. The van der Waals surface area contributed by atoms with E-state index in [0.717, 1.165) is 18.2 Å². The van der Waals surface area contributed by atoms with Gasteiger partial charge in [0.1, 0.15) is 28.9 Å². The number of anilines is 1. The van der Waals surface area contributed by atoms with Crippen LogP contribution in [0.3, 0.4) is 0 Å². The Bertz CT molecular complexity index is 1150. The Balaban J connectivity index is 1.65. The largest absolute Gasteiger partial charge is 0.437 e. The molecule has 0 spiro atoms. The van der Waals surface area contributed by atoms with Gasteiger partial charge in [-0.25, -0.2) is 22.4 Å². The van der Waals surface area contributed by atoms with Crippen LogP contribution in [0.25, 0.3) is 11.1 Å². The molecular formula is C24H19F4NO3. The third kappa shape index (κ3) is 4.05. The van der Waals surface area contributed by atoms with Gasteiger partial charge in [0.25, 0.3) is 0 Å². The van der Waals surface area contributed by atoms with Crippen LogP contribution in [-0.4, -0.2) is 24.4 Å². The zero-order valence-corrected chi connectivity index (χ0v) is 16.8. The lowest BCUT2D eigenvalue weighted by molar-refractivity contribution is -0.0258. The first-order valence-electron chi connectivity index (χ1n) is 9.95. The van der Waals surface area contributed by atoms with Gasteiger partial charge in [0.2, 0.25) is 0 Å². The lowest BCUT2D eigenvalue weighted by atomic mass is 9.86. The Morgan fingerprint density at radius 1 is 0.875 bits per heavy atom. The summed E-state index contributed by atoms with van der Waals surface area (Å²) >= 11 is 0. The van der Waals surface area contributed by atoms with Crippen LogP contribution >= 0.6 is 0 Å². The highest BCUT2D eigenvalue weighted by Gasteiger charge is 2.42. The molecule has 1 aliphatic heterocycles. The summed E-state index contributed by atoms with van der Waals surface area (Å²) in [7, 11) is 0. The second kappa shape index (κ2) is 8.63. The highest BCUT2D eigenvalue weighted by molar-refractivity contribution is 5.90. The molecule has 1 heterocycles. The molecule has 1 amide bonds. The fourth-order valence-corrected chi connectivity index (χ4v) is 3.94. The van der Waals surface area contributed by atoms with Crippen molar-refractivity contribution in [2.45, 2.75) is 18.4 Å². The number of halogens is 4. The van der Waals surface area contributed by atoms with Gasteiger partial charge in [0.15, 0.2) is 0 Å². The third-order valence-corrected chi connectivity index (χ3v) is 5.61. The number of ether oxygens (including phenoxy) is 1. The fraction of sp³-hybridized carbons (Fsp3) is 0.208. The molecule has 1 aliphatic rings. The van der Waals surface area contributed by atoms with Crippen LogP contribution in [0.4, 0.5) is 28.0 Å². The van der Waals surface area contributed by atoms with Crippen LogP contribution in [0.15, 0.2) is 60.7 Å². The molecular weight excluding hydrogens is 426 g/mol. The summed E-state index contributed by atoms with van der Waals surface area (Å²) in [5.41, 5.74) is -0.585. The topological polar surface area (TPSA) is 49.8 Å². The van der Waals surface area contributed by atoms with Crippen molar-refractivity contribution in [1.82, 2.24) is 0 Å². The van der Waals surface area contributed by atoms with E-state index in [2.05, 4.69) is 0 Å². The smallest absolute Gasteiger partial charge is 0.415 e. The van der Waals surface area contributed by atoms with Gasteiger partial charge < -0.3 is 9.84 Å². The molecule has 32 heavy (non-hydrogen) atoms. The summed E-state index contributed by atoms with van der Waals surface area (Å²) in [6, 6.07) is 12.0. The Morgan fingerprint density at radius 2 is 1.59 bits per heavy atom. The van der Waals surface area contributed by atoms with Crippen LogP contribution in [0.5, 0.6) is 0 Å². The SMILES string of the molecule is O=C1O[C@@](CCO)(c2ccc(F)cc2)CCN1c1ccc(F)c(-c2ccc(F)cc2F)c1. The minimum Gasteiger partial charge on any atom is -0.437 e. The first-order valence-corrected chi connectivity index (χ1v) is 9.95. The molecule has 166 valence electrons. The number of hydrogen-bond donors (Lipinski definition) is 1. The number of amides is 1. The number of rotatable bonds is 5. The number of aliphatic hydroxyl groups is 1. The van der Waals surface area contributed by atoms with E-state index >= 15 is 0 Å². The van der Waals surface area contributed by atoms with E-state index in [0.29, 0.717) is 11.6 Å². The zero-order valence-electron chi connectivity index (χ0n) is 16.8. The van der Waals surface area contributed by atoms with Crippen LogP contribution in [-0.2, 0) is 10.3 Å². The van der Waals surface area contributed by atoms with E-state index in [1.165, 1.54) is 41.3 Å². The van der Waals surface area contributed by atoms with E-state index in [1.54, 1.807) is 0 Å². The van der Waals surface area contributed by atoms with Crippen molar-refractivity contribution >= 4 is 11.8 Å². The molecule has 0 aromatic heterocycles. The fourth-order valence-electron chi connectivity index (χ4n) is 3.94. The standard InChI is InChI=1S/C24H19F4NO3/c25-16-3-1-15(2-4-16)24(10-12-30)9-11-29(23(31)32-24)18-6-8-21(27)20(14-18)19-7-5-17(26)13-22(19)28/h1-8,13-14,30H,9-12H2/t24-/m0/s1. The third-order valence-electron chi connectivity index (χ3n) is 5.61. The molecule has 3 aromatic rings. The number of aliphatic hydroxyl groups excluding tert-OH is 1. The van der Waals surface area contributed by atoms with Gasteiger partial charge in [0, 0.05) is 48.9 Å². The van der Waals surface area contributed by atoms with E-state index < -0.39 is 35.0 Å². The van der Waals surface area contributed by atoms with E-state index in [-0.39, 0.29) is 42.8 Å². The maximum Gasteiger partial charge on any atom is 0.415 e. The molecule has 0 aliphatic carbocycles. The number of carbonyl (C=O) groups excluding carboxylic acids is 1. The normalized spacial score (nSPS) is 18.5. The van der Waals surface area contributed by atoms with Crippen molar-refractivity contribution in [2.75, 3.05) is 18.1 Å². The summed E-state index contributed by atoms with van der Waals surface area (Å²) in [4.78, 5) is 14.2. The lowest BCUT2D eigenvalue weighted by Gasteiger charge is -2.41. The minimum absolute atomic E-state index is 0.119. The maximum atomic E-state index is 14.4. The second-order valence-corrected chi connectivity index (χ2v) is 7.53. The number of nitrogens with zero attached hydrogens (tertiary/aromatic N) is 1. The number of cyclic esters (lactones) is 1. The van der Waals surface area contributed by atoms with Gasteiger partial charge in [-0.1, -0.05) is 12.1 Å². The highest BCUT2D eigenvalue weighted by Crippen LogP contribution is 2.39. The lowest BCUT2D eigenvalue weighted by Crippen LogP contribution is -2.48. The molecule has 4 nitrogen and oxygen atoms in total. The van der Waals surface area contributed by atoms with Crippen molar-refractivity contribution in [3.05, 3.63) is 89.5 Å². The first kappa shape index (κ1) is 21.8. The van der Waals surface area contributed by atoms with Gasteiger partial charge in [-0.3, -0.25) is 4.90 Å². The van der Waals surface area contributed by atoms with Crippen LogP contribution in [0, 0.1) is 23.3 Å². The Labute approximate surface area is 181 Å². The van der Waals surface area contributed by atoms with Gasteiger partial charge in [-0.05, 0) is 48.0 Å². The van der Waals surface area contributed by atoms with Gasteiger partial charge in [-0.15, -0.1) is 0 Å². The van der Waals surface area contributed by atoms with Crippen LogP contribution in [0.2, 0.25) is 0 Å². The molecule has 1 saturated heterocycles. The molecule has 3 aromatic carbocycles. The molecule has 8 heteroatoms. The molecule has 0 saturated carbocycles. The van der Waals surface area contributed by atoms with Crippen LogP contribution < -0.4 is 4.90 Å². The van der Waals surface area contributed by atoms with Crippen molar-refractivity contribution in [1.29, 1.82) is 0 Å². The average molecular weight is 445 g/mol. The zero-order chi connectivity index (χ0) is 22.9. The Morgan fingerprint density at radius 3 is 2.25 bits per heavy atom. The quantitative estimate of drug-likeness (QED) is 0.525. The predicted molar refractivity (Wildman–Crippen MR) is 110 cm³/mol. The molecule has 1 N–H and O–H groups in total. The molecule has 1 fully saturated rings. The van der Waals surface area contributed by atoms with E-state index in [9.17, 15) is 27.5 Å². The van der Waals surface area contributed by atoms with Crippen LogP contribution in [0.1, 0.15) is 18.4 Å². The predicted octanol–water partition coefficient (Wildman–Crippen LogP) is 5.53. The number of benzene rings is 3. The first-order chi connectivity index (χ1) is 15.3. The van der Waals surface area contributed by atoms with E-state index in [4.69, 9.17) is 4.74 Å². The monoisotopic (exact) mass is 445 g/mol. The highest BCUT2D eigenvalue weighted by atomic mass is 19.1. The summed E-state index contributed by atoms with van der Waals surface area (Å²) in [5, 5.41) is 9.52. The van der Waals surface area contributed by atoms with Gasteiger partial charge >= 0.3 is 6.09 Å².